The van der Waals surface area contributed by atoms with Gasteiger partial charge in [0.05, 0.1) is 0 Å². The lowest BCUT2D eigenvalue weighted by Gasteiger charge is -2.14. The van der Waals surface area contributed by atoms with Crippen molar-refractivity contribution in [1.82, 2.24) is 9.97 Å². The molecule has 1 aromatic heterocycles. The molecule has 4 nitrogen and oxygen atoms in total. The van der Waals surface area contributed by atoms with E-state index in [1.165, 1.54) is 6.20 Å². The van der Waals surface area contributed by atoms with Gasteiger partial charge in [-0.1, -0.05) is 0 Å². The van der Waals surface area contributed by atoms with E-state index in [4.69, 9.17) is 5.73 Å². The van der Waals surface area contributed by atoms with Crippen molar-refractivity contribution >= 4 is 0 Å². The lowest BCUT2D eigenvalue weighted by molar-refractivity contribution is -0.168. The average molecular weight is 241 g/mol. The third kappa shape index (κ3) is 3.46. The quantitative estimate of drug-likeness (QED) is 0.737. The van der Waals surface area contributed by atoms with Gasteiger partial charge in [-0.25, -0.2) is 13.8 Å². The van der Waals surface area contributed by atoms with Crippen molar-refractivity contribution in [2.24, 2.45) is 5.73 Å². The zero-order chi connectivity index (χ0) is 12.2. The first-order valence-electron chi connectivity index (χ1n) is 4.42. The van der Waals surface area contributed by atoms with Gasteiger partial charge >= 0.3 is 12.3 Å². The Morgan fingerprint density at radius 3 is 2.69 bits per heavy atom. The van der Waals surface area contributed by atoms with Gasteiger partial charge in [0.25, 0.3) is 0 Å². The molecule has 0 aliphatic rings. The van der Waals surface area contributed by atoms with Gasteiger partial charge < -0.3 is 15.5 Å². The Kier molecular flexibility index (Phi) is 4.25. The standard InChI is InChI=1S/C8H11F4N3O/c9-7(10)8(11,12)4-16-3-6-14-2-5(1-13)15-6/h2,7H,1,3-4,13H2,(H,14,15). The number of ether oxygens (including phenoxy) is 1. The van der Waals surface area contributed by atoms with E-state index in [9.17, 15) is 17.6 Å². The summed E-state index contributed by atoms with van der Waals surface area (Å²) in [4.78, 5) is 6.44. The summed E-state index contributed by atoms with van der Waals surface area (Å²) < 4.78 is 52.7. The van der Waals surface area contributed by atoms with Crippen molar-refractivity contribution in [1.29, 1.82) is 0 Å². The number of aromatic amines is 1. The second-order valence-electron chi connectivity index (χ2n) is 3.11. The number of nitrogens with two attached hydrogens (primary N) is 1. The number of H-pyrrole nitrogens is 1. The van der Waals surface area contributed by atoms with E-state index in [-0.39, 0.29) is 19.0 Å². The van der Waals surface area contributed by atoms with E-state index in [0.29, 0.717) is 5.69 Å². The first kappa shape index (κ1) is 12.9. The van der Waals surface area contributed by atoms with Crippen LogP contribution in [-0.2, 0) is 17.9 Å². The van der Waals surface area contributed by atoms with Crippen molar-refractivity contribution < 1.29 is 22.3 Å². The van der Waals surface area contributed by atoms with Crippen molar-refractivity contribution in [3.8, 4) is 0 Å². The lowest BCUT2D eigenvalue weighted by atomic mass is 10.4. The van der Waals surface area contributed by atoms with Crippen LogP contribution in [0.3, 0.4) is 0 Å². The molecule has 16 heavy (non-hydrogen) atoms. The Morgan fingerprint density at radius 1 is 1.50 bits per heavy atom. The molecule has 8 heteroatoms. The maximum atomic E-state index is 12.4. The smallest absolute Gasteiger partial charge is 0.330 e. The number of alkyl halides is 4. The van der Waals surface area contributed by atoms with Crippen LogP contribution in [0.25, 0.3) is 0 Å². The van der Waals surface area contributed by atoms with Crippen molar-refractivity contribution in [3.05, 3.63) is 17.7 Å². The van der Waals surface area contributed by atoms with Crippen molar-refractivity contribution in [2.45, 2.75) is 25.5 Å². The molecule has 1 heterocycles. The van der Waals surface area contributed by atoms with E-state index in [1.54, 1.807) is 0 Å². The number of hydrogen-bond acceptors (Lipinski definition) is 3. The fourth-order valence-electron chi connectivity index (χ4n) is 0.930. The average Bonchev–Trinajstić information content (AvgIpc) is 2.65. The van der Waals surface area contributed by atoms with Crippen LogP contribution in [0.4, 0.5) is 17.6 Å². The summed E-state index contributed by atoms with van der Waals surface area (Å²) in [6.45, 7) is -1.41. The molecular formula is C8H11F4N3O. The van der Waals surface area contributed by atoms with Gasteiger partial charge in [-0.15, -0.1) is 0 Å². The van der Waals surface area contributed by atoms with Crippen LogP contribution in [0.5, 0.6) is 0 Å². The maximum absolute atomic E-state index is 12.4. The molecule has 0 saturated heterocycles. The first-order valence-corrected chi connectivity index (χ1v) is 4.42. The van der Waals surface area contributed by atoms with Crippen LogP contribution < -0.4 is 5.73 Å². The SMILES string of the molecule is NCc1cnc(COCC(F)(F)C(F)F)[nH]1. The minimum Gasteiger partial charge on any atom is -0.367 e. The number of rotatable bonds is 6. The van der Waals surface area contributed by atoms with Gasteiger partial charge in [0.1, 0.15) is 19.0 Å². The van der Waals surface area contributed by atoms with Crippen LogP contribution in [0, 0.1) is 0 Å². The summed E-state index contributed by atoms with van der Waals surface area (Å²) in [5.41, 5.74) is 5.88. The predicted molar refractivity (Wildman–Crippen MR) is 47.1 cm³/mol. The van der Waals surface area contributed by atoms with Gasteiger partial charge in [0.15, 0.2) is 0 Å². The summed E-state index contributed by atoms with van der Waals surface area (Å²) in [5.74, 6) is -3.87. The van der Waals surface area contributed by atoms with Crippen LogP contribution in [0.2, 0.25) is 0 Å². The molecule has 0 amide bonds. The summed E-state index contributed by atoms with van der Waals surface area (Å²) >= 11 is 0. The largest absolute Gasteiger partial charge is 0.367 e. The molecule has 0 unspecified atom stereocenters. The molecule has 0 saturated carbocycles. The highest BCUT2D eigenvalue weighted by Gasteiger charge is 2.40. The summed E-state index contributed by atoms with van der Waals surface area (Å²) in [5, 5.41) is 0. The molecule has 0 aliphatic heterocycles. The van der Waals surface area contributed by atoms with E-state index in [2.05, 4.69) is 14.7 Å². The predicted octanol–water partition coefficient (Wildman–Crippen LogP) is 1.29. The highest BCUT2D eigenvalue weighted by molar-refractivity contribution is 4.99. The first-order chi connectivity index (χ1) is 7.45. The molecule has 3 N–H and O–H groups in total. The molecule has 0 bridgehead atoms. The molecule has 0 fully saturated rings. The molecule has 0 aliphatic carbocycles. The summed E-state index contributed by atoms with van der Waals surface area (Å²) in [7, 11) is 0. The fraction of sp³-hybridized carbons (Fsp3) is 0.625. The molecule has 1 aromatic rings. The molecule has 0 spiro atoms. The number of imidazole rings is 1. The second-order valence-corrected chi connectivity index (χ2v) is 3.11. The number of nitrogens with zero attached hydrogens (tertiary/aromatic N) is 1. The zero-order valence-corrected chi connectivity index (χ0v) is 8.22. The lowest BCUT2D eigenvalue weighted by Crippen LogP contribution is -2.32. The fourth-order valence-corrected chi connectivity index (χ4v) is 0.930. The van der Waals surface area contributed by atoms with Crippen molar-refractivity contribution in [2.75, 3.05) is 6.61 Å². The highest BCUT2D eigenvalue weighted by atomic mass is 19.3. The number of nitrogens with one attached hydrogen (secondary N) is 1. The zero-order valence-electron chi connectivity index (χ0n) is 8.22. The Labute approximate surface area is 88.8 Å². The van der Waals surface area contributed by atoms with Gasteiger partial charge in [-0.2, -0.15) is 8.78 Å². The van der Waals surface area contributed by atoms with Crippen LogP contribution >= 0.6 is 0 Å². The Bertz CT molecular complexity index is 329. The summed E-state index contributed by atoms with van der Waals surface area (Å²) in [6, 6.07) is 0. The Morgan fingerprint density at radius 2 is 2.19 bits per heavy atom. The Balaban J connectivity index is 2.35. The van der Waals surface area contributed by atoms with E-state index < -0.39 is 19.0 Å². The molecular weight excluding hydrogens is 230 g/mol. The van der Waals surface area contributed by atoms with Gasteiger partial charge in [-0.05, 0) is 0 Å². The summed E-state index contributed by atoms with van der Waals surface area (Å²) in [6.07, 6.45) is -2.31. The van der Waals surface area contributed by atoms with E-state index >= 15 is 0 Å². The van der Waals surface area contributed by atoms with Crippen molar-refractivity contribution in [3.63, 3.8) is 0 Å². The third-order valence-corrected chi connectivity index (χ3v) is 1.75. The van der Waals surface area contributed by atoms with Gasteiger partial charge in [-0.3, -0.25) is 0 Å². The minimum absolute atomic E-state index is 0.222. The topological polar surface area (TPSA) is 63.9 Å². The van der Waals surface area contributed by atoms with Gasteiger partial charge in [0, 0.05) is 18.4 Å². The third-order valence-electron chi connectivity index (χ3n) is 1.75. The molecule has 92 valence electrons. The van der Waals surface area contributed by atoms with E-state index in [0.717, 1.165) is 0 Å². The van der Waals surface area contributed by atoms with E-state index in [1.807, 2.05) is 0 Å². The maximum Gasteiger partial charge on any atom is 0.330 e. The van der Waals surface area contributed by atoms with Crippen LogP contribution in [0.1, 0.15) is 11.5 Å². The second kappa shape index (κ2) is 5.26. The number of aromatic nitrogens is 2. The van der Waals surface area contributed by atoms with Crippen LogP contribution in [-0.4, -0.2) is 28.9 Å². The number of hydrogen-bond donors (Lipinski definition) is 2. The molecule has 0 radical (unpaired) electrons. The molecule has 1 rings (SSSR count). The Hall–Kier alpha value is -1.15. The number of halogens is 4. The monoisotopic (exact) mass is 241 g/mol. The minimum atomic E-state index is -4.14. The normalized spacial score (nSPS) is 12.4. The van der Waals surface area contributed by atoms with Gasteiger partial charge in [0.2, 0.25) is 0 Å². The molecule has 0 atom stereocenters. The van der Waals surface area contributed by atoms with Crippen LogP contribution in [0.15, 0.2) is 6.20 Å². The molecule has 0 aromatic carbocycles. The highest BCUT2D eigenvalue weighted by Crippen LogP contribution is 2.23.